The molecule has 0 aliphatic heterocycles. The summed E-state index contributed by atoms with van der Waals surface area (Å²) in [6, 6.07) is 2.03. The molecule has 0 fully saturated rings. The molecule has 0 saturated heterocycles. The largest absolute Gasteiger partial charge is 0.305 e. The summed E-state index contributed by atoms with van der Waals surface area (Å²) in [6.07, 6.45) is 9.05. The molecule has 1 amide bonds. The molecule has 1 aliphatic carbocycles. The SMILES string of the molecule is O=C(Nc1cnc(Br)cn1)c1cc2c(s1)CCCCC2. The fourth-order valence-corrected chi connectivity index (χ4v) is 3.69. The molecule has 2 heterocycles. The van der Waals surface area contributed by atoms with Crippen molar-refractivity contribution in [2.45, 2.75) is 32.1 Å². The number of aromatic nitrogens is 2. The van der Waals surface area contributed by atoms with Crippen LogP contribution < -0.4 is 5.32 Å². The zero-order valence-electron chi connectivity index (χ0n) is 10.9. The van der Waals surface area contributed by atoms with Gasteiger partial charge in [-0.1, -0.05) is 6.42 Å². The third kappa shape index (κ3) is 3.07. The Kier molecular flexibility index (Phi) is 4.12. The van der Waals surface area contributed by atoms with Crippen molar-refractivity contribution in [1.82, 2.24) is 9.97 Å². The fourth-order valence-electron chi connectivity index (χ4n) is 2.33. The van der Waals surface area contributed by atoms with Crippen LogP contribution in [0.4, 0.5) is 5.82 Å². The average Bonchev–Trinajstić information content (AvgIpc) is 2.73. The van der Waals surface area contributed by atoms with Gasteiger partial charge in [-0.05, 0) is 53.2 Å². The monoisotopic (exact) mass is 351 g/mol. The van der Waals surface area contributed by atoms with E-state index in [-0.39, 0.29) is 5.91 Å². The third-order valence-electron chi connectivity index (χ3n) is 3.33. The molecule has 2 aromatic heterocycles. The van der Waals surface area contributed by atoms with Crippen LogP contribution in [0.3, 0.4) is 0 Å². The molecule has 4 nitrogen and oxygen atoms in total. The first-order chi connectivity index (χ1) is 9.72. The van der Waals surface area contributed by atoms with Gasteiger partial charge in [0.2, 0.25) is 0 Å². The van der Waals surface area contributed by atoms with E-state index in [1.54, 1.807) is 23.7 Å². The number of hydrogen-bond acceptors (Lipinski definition) is 4. The van der Waals surface area contributed by atoms with Gasteiger partial charge in [-0.15, -0.1) is 11.3 Å². The minimum absolute atomic E-state index is 0.0975. The maximum atomic E-state index is 12.2. The van der Waals surface area contributed by atoms with Crippen LogP contribution in [-0.2, 0) is 12.8 Å². The summed E-state index contributed by atoms with van der Waals surface area (Å²) in [4.78, 5) is 22.5. The zero-order valence-corrected chi connectivity index (χ0v) is 13.3. The molecular formula is C14H14BrN3OS. The smallest absolute Gasteiger partial charge is 0.266 e. The van der Waals surface area contributed by atoms with Crippen LogP contribution in [0, 0.1) is 0 Å². The summed E-state index contributed by atoms with van der Waals surface area (Å²) in [5.74, 6) is 0.376. The van der Waals surface area contributed by atoms with E-state index in [1.807, 2.05) is 6.07 Å². The highest BCUT2D eigenvalue weighted by Gasteiger charge is 2.16. The molecule has 0 unspecified atom stereocenters. The highest BCUT2D eigenvalue weighted by Crippen LogP contribution is 2.29. The number of halogens is 1. The van der Waals surface area contributed by atoms with Crippen molar-refractivity contribution in [3.63, 3.8) is 0 Å². The van der Waals surface area contributed by atoms with Crippen molar-refractivity contribution < 1.29 is 4.79 Å². The number of amides is 1. The molecular weight excluding hydrogens is 338 g/mol. The first-order valence-corrected chi connectivity index (χ1v) is 8.24. The molecule has 104 valence electrons. The van der Waals surface area contributed by atoms with E-state index in [1.165, 1.54) is 29.7 Å². The number of nitrogens with zero attached hydrogens (tertiary/aromatic N) is 2. The minimum atomic E-state index is -0.0975. The fraction of sp³-hybridized carbons (Fsp3) is 0.357. The summed E-state index contributed by atoms with van der Waals surface area (Å²) in [7, 11) is 0. The van der Waals surface area contributed by atoms with Crippen LogP contribution in [0.2, 0.25) is 0 Å². The Bertz CT molecular complexity index is 600. The quantitative estimate of drug-likeness (QED) is 0.836. The van der Waals surface area contributed by atoms with Gasteiger partial charge >= 0.3 is 0 Å². The van der Waals surface area contributed by atoms with Crippen molar-refractivity contribution in [2.24, 2.45) is 0 Å². The third-order valence-corrected chi connectivity index (χ3v) is 4.98. The molecule has 0 bridgehead atoms. The second-order valence-electron chi connectivity index (χ2n) is 4.80. The van der Waals surface area contributed by atoms with Gasteiger partial charge in [0, 0.05) is 4.88 Å². The normalized spacial score (nSPS) is 14.4. The van der Waals surface area contributed by atoms with Crippen LogP contribution in [0.15, 0.2) is 23.1 Å². The number of rotatable bonds is 2. The van der Waals surface area contributed by atoms with Gasteiger partial charge in [-0.3, -0.25) is 4.79 Å². The number of nitrogens with one attached hydrogen (secondary N) is 1. The second-order valence-corrected chi connectivity index (χ2v) is 6.75. The molecule has 3 rings (SSSR count). The lowest BCUT2D eigenvalue weighted by Gasteiger charge is -2.01. The van der Waals surface area contributed by atoms with E-state index >= 15 is 0 Å². The Morgan fingerprint density at radius 3 is 2.85 bits per heavy atom. The number of fused-ring (bicyclic) bond motifs is 1. The lowest BCUT2D eigenvalue weighted by molar-refractivity contribution is 0.103. The van der Waals surface area contributed by atoms with Crippen LogP contribution in [-0.4, -0.2) is 15.9 Å². The van der Waals surface area contributed by atoms with Crippen LogP contribution in [0.25, 0.3) is 0 Å². The molecule has 0 aromatic carbocycles. The predicted octanol–water partition coefficient (Wildman–Crippen LogP) is 3.82. The Hall–Kier alpha value is -1.27. The Morgan fingerprint density at radius 1 is 1.20 bits per heavy atom. The molecule has 2 aromatic rings. The summed E-state index contributed by atoms with van der Waals surface area (Å²) in [5.41, 5.74) is 1.35. The van der Waals surface area contributed by atoms with Crippen molar-refractivity contribution in [2.75, 3.05) is 5.32 Å². The van der Waals surface area contributed by atoms with Gasteiger partial charge in [0.25, 0.3) is 5.91 Å². The van der Waals surface area contributed by atoms with Crippen LogP contribution >= 0.6 is 27.3 Å². The number of thiophene rings is 1. The molecule has 0 spiro atoms. The van der Waals surface area contributed by atoms with Gasteiger partial charge in [0.05, 0.1) is 17.3 Å². The molecule has 20 heavy (non-hydrogen) atoms. The summed E-state index contributed by atoms with van der Waals surface area (Å²) < 4.78 is 0.651. The van der Waals surface area contributed by atoms with Crippen LogP contribution in [0.5, 0.6) is 0 Å². The van der Waals surface area contributed by atoms with Crippen LogP contribution in [0.1, 0.15) is 39.4 Å². The predicted molar refractivity (Wildman–Crippen MR) is 83.3 cm³/mol. The van der Waals surface area contributed by atoms with E-state index in [4.69, 9.17) is 0 Å². The number of aryl methyl sites for hydroxylation is 2. The van der Waals surface area contributed by atoms with E-state index in [0.29, 0.717) is 10.4 Å². The highest BCUT2D eigenvalue weighted by molar-refractivity contribution is 9.10. The van der Waals surface area contributed by atoms with Gasteiger partial charge in [0.1, 0.15) is 4.60 Å². The van der Waals surface area contributed by atoms with Crippen molar-refractivity contribution in [3.8, 4) is 0 Å². The molecule has 6 heteroatoms. The van der Waals surface area contributed by atoms with Gasteiger partial charge in [-0.2, -0.15) is 0 Å². The number of anilines is 1. The molecule has 1 aliphatic rings. The second kappa shape index (κ2) is 6.01. The van der Waals surface area contributed by atoms with Crippen molar-refractivity contribution in [3.05, 3.63) is 38.4 Å². The zero-order chi connectivity index (χ0) is 13.9. The first kappa shape index (κ1) is 13.7. The van der Waals surface area contributed by atoms with Gasteiger partial charge in [0.15, 0.2) is 5.82 Å². The standard InChI is InChI=1S/C14H14BrN3OS/c15-12-7-17-13(8-16-12)18-14(19)11-6-9-4-2-1-3-5-10(9)20-11/h6-8H,1-5H2,(H,17,18,19). The number of carbonyl (C=O) groups is 1. The van der Waals surface area contributed by atoms with Gasteiger partial charge in [-0.25, -0.2) is 9.97 Å². The average molecular weight is 352 g/mol. The molecule has 1 N–H and O–H groups in total. The van der Waals surface area contributed by atoms with E-state index in [9.17, 15) is 4.79 Å². The Morgan fingerprint density at radius 2 is 2.05 bits per heavy atom. The van der Waals surface area contributed by atoms with Gasteiger partial charge < -0.3 is 5.32 Å². The maximum absolute atomic E-state index is 12.2. The summed E-state index contributed by atoms with van der Waals surface area (Å²) in [6.45, 7) is 0. The van der Waals surface area contributed by atoms with E-state index in [2.05, 4.69) is 31.2 Å². The maximum Gasteiger partial charge on any atom is 0.266 e. The minimum Gasteiger partial charge on any atom is -0.305 e. The molecule has 0 atom stereocenters. The summed E-state index contributed by atoms with van der Waals surface area (Å²) >= 11 is 4.83. The number of carbonyl (C=O) groups excluding carboxylic acids is 1. The highest BCUT2D eigenvalue weighted by atomic mass is 79.9. The lowest BCUT2D eigenvalue weighted by Crippen LogP contribution is -2.11. The van der Waals surface area contributed by atoms with E-state index < -0.39 is 0 Å². The first-order valence-electron chi connectivity index (χ1n) is 6.63. The number of hydrogen-bond donors (Lipinski definition) is 1. The Labute approximate surface area is 129 Å². The Balaban J connectivity index is 1.75. The topological polar surface area (TPSA) is 54.9 Å². The molecule has 0 radical (unpaired) electrons. The van der Waals surface area contributed by atoms with Crippen molar-refractivity contribution >= 4 is 39.0 Å². The van der Waals surface area contributed by atoms with Crippen molar-refractivity contribution in [1.29, 1.82) is 0 Å². The summed E-state index contributed by atoms with van der Waals surface area (Å²) in [5, 5.41) is 2.79. The lowest BCUT2D eigenvalue weighted by atomic mass is 10.1. The molecule has 0 saturated carbocycles. The van der Waals surface area contributed by atoms with E-state index in [0.717, 1.165) is 17.7 Å².